The Kier molecular flexibility index (Phi) is 6.28. The number of hydrogen-bond acceptors (Lipinski definition) is 6. The van der Waals surface area contributed by atoms with Gasteiger partial charge in [0.1, 0.15) is 4.90 Å². The number of rotatable bonds is 8. The van der Waals surface area contributed by atoms with Crippen molar-refractivity contribution >= 4 is 21.6 Å². The lowest BCUT2D eigenvalue weighted by atomic mass is 10.3. The summed E-state index contributed by atoms with van der Waals surface area (Å²) in [4.78, 5) is 4.16. The monoisotopic (exact) mass is 425 g/mol. The minimum atomic E-state index is -3.74. The molecule has 2 aromatic carbocycles. The number of likely N-dealkylation sites (N-methyl/N-ethyl adjacent to an activating group) is 1. The zero-order valence-electron chi connectivity index (χ0n) is 14.9. The third kappa shape index (κ3) is 4.67. The summed E-state index contributed by atoms with van der Waals surface area (Å²) in [6.07, 6.45) is 0.226. The molecule has 0 aliphatic carbocycles. The molecule has 0 spiro atoms. The molecule has 10 heteroatoms. The van der Waals surface area contributed by atoms with Crippen LogP contribution in [0.4, 0.5) is 4.39 Å². The molecular weight excluding hydrogens is 409 g/mol. The van der Waals surface area contributed by atoms with Gasteiger partial charge < -0.3 is 9.26 Å². The summed E-state index contributed by atoms with van der Waals surface area (Å²) in [5, 5.41) is 3.94. The summed E-state index contributed by atoms with van der Waals surface area (Å²) in [5.41, 5.74) is 0. The summed E-state index contributed by atoms with van der Waals surface area (Å²) < 4.78 is 50.2. The minimum Gasteiger partial charge on any atom is -0.481 e. The Labute approximate surface area is 166 Å². The lowest BCUT2D eigenvalue weighted by Gasteiger charge is -2.17. The van der Waals surface area contributed by atoms with E-state index in [1.54, 1.807) is 24.3 Å². The normalized spacial score (nSPS) is 11.7. The van der Waals surface area contributed by atoms with Crippen molar-refractivity contribution in [3.63, 3.8) is 0 Å². The van der Waals surface area contributed by atoms with Gasteiger partial charge in [0, 0.05) is 20.0 Å². The molecule has 0 N–H and O–H groups in total. The molecule has 148 valence electrons. The maximum atomic E-state index is 13.5. The van der Waals surface area contributed by atoms with E-state index in [-0.39, 0.29) is 41.1 Å². The molecule has 0 saturated heterocycles. The Morgan fingerprint density at radius 2 is 1.89 bits per heavy atom. The van der Waals surface area contributed by atoms with Crippen molar-refractivity contribution in [3.8, 4) is 5.75 Å². The summed E-state index contributed by atoms with van der Waals surface area (Å²) in [5.74, 6) is 0.0599. The van der Waals surface area contributed by atoms with Gasteiger partial charge in [-0.3, -0.25) is 0 Å². The van der Waals surface area contributed by atoms with Crippen LogP contribution in [0.3, 0.4) is 0 Å². The number of aromatic nitrogens is 2. The first kappa shape index (κ1) is 20.2. The van der Waals surface area contributed by atoms with Crippen LogP contribution in [0.15, 0.2) is 57.9 Å². The number of sulfonamides is 1. The van der Waals surface area contributed by atoms with Gasteiger partial charge in [-0.15, -0.1) is 0 Å². The highest BCUT2D eigenvalue weighted by atomic mass is 35.5. The van der Waals surface area contributed by atoms with Crippen molar-refractivity contribution in [2.45, 2.75) is 17.9 Å². The van der Waals surface area contributed by atoms with Gasteiger partial charge >= 0.3 is 0 Å². The third-order valence-corrected chi connectivity index (χ3v) is 6.23. The van der Waals surface area contributed by atoms with Crippen LogP contribution in [0.5, 0.6) is 5.75 Å². The Balaban J connectivity index is 1.58. The third-order valence-electron chi connectivity index (χ3n) is 3.87. The Morgan fingerprint density at radius 3 is 2.64 bits per heavy atom. The molecule has 0 aliphatic rings. The molecule has 0 radical (unpaired) electrons. The zero-order chi connectivity index (χ0) is 20.1. The van der Waals surface area contributed by atoms with Crippen LogP contribution >= 0.6 is 11.6 Å². The SMILES string of the molecule is CN(CCc1noc(COc2ccccc2F)n1)S(=O)(=O)c1ccccc1Cl. The number of hydrogen-bond donors (Lipinski definition) is 0. The largest absolute Gasteiger partial charge is 0.481 e. The molecule has 0 amide bonds. The molecule has 1 heterocycles. The Hall–Kier alpha value is -2.49. The van der Waals surface area contributed by atoms with Gasteiger partial charge in [-0.1, -0.05) is 41.0 Å². The molecular formula is C18H17ClFN3O4S. The van der Waals surface area contributed by atoms with E-state index in [1.165, 1.54) is 35.6 Å². The summed E-state index contributed by atoms with van der Waals surface area (Å²) in [6, 6.07) is 12.2. The van der Waals surface area contributed by atoms with Crippen molar-refractivity contribution in [2.75, 3.05) is 13.6 Å². The molecule has 0 saturated carbocycles. The van der Waals surface area contributed by atoms with Crippen LogP contribution in [0, 0.1) is 5.82 Å². The average molecular weight is 426 g/mol. The first-order chi connectivity index (χ1) is 13.4. The molecule has 3 rings (SSSR count). The van der Waals surface area contributed by atoms with Crippen molar-refractivity contribution in [2.24, 2.45) is 0 Å². The quantitative estimate of drug-likeness (QED) is 0.550. The lowest BCUT2D eigenvalue weighted by Crippen LogP contribution is -2.29. The number of para-hydroxylation sites is 1. The number of ether oxygens (including phenoxy) is 1. The molecule has 3 aromatic rings. The van der Waals surface area contributed by atoms with Crippen molar-refractivity contribution < 1.29 is 22.1 Å². The lowest BCUT2D eigenvalue weighted by molar-refractivity contribution is 0.234. The number of benzene rings is 2. The highest BCUT2D eigenvalue weighted by molar-refractivity contribution is 7.89. The first-order valence-corrected chi connectivity index (χ1v) is 10.1. The number of nitrogens with zero attached hydrogens (tertiary/aromatic N) is 3. The average Bonchev–Trinajstić information content (AvgIpc) is 3.13. The van der Waals surface area contributed by atoms with E-state index in [0.717, 1.165) is 0 Å². The summed E-state index contributed by atoms with van der Waals surface area (Å²) in [6.45, 7) is 0.0302. The Bertz CT molecular complexity index is 1060. The van der Waals surface area contributed by atoms with Crippen LogP contribution in [0.1, 0.15) is 11.7 Å². The van der Waals surface area contributed by atoms with E-state index in [0.29, 0.717) is 5.82 Å². The molecule has 0 bridgehead atoms. The van der Waals surface area contributed by atoms with Crippen molar-refractivity contribution in [1.29, 1.82) is 0 Å². The summed E-state index contributed by atoms with van der Waals surface area (Å²) >= 11 is 5.98. The first-order valence-electron chi connectivity index (χ1n) is 8.27. The van der Waals surface area contributed by atoms with E-state index in [2.05, 4.69) is 10.1 Å². The second-order valence-electron chi connectivity index (χ2n) is 5.83. The molecule has 0 aliphatic heterocycles. The van der Waals surface area contributed by atoms with Crippen LogP contribution in [0.2, 0.25) is 5.02 Å². The predicted molar refractivity (Wildman–Crippen MR) is 100 cm³/mol. The predicted octanol–water partition coefficient (Wildman–Crippen LogP) is 3.30. The van der Waals surface area contributed by atoms with Crippen LogP contribution < -0.4 is 4.74 Å². The molecule has 28 heavy (non-hydrogen) atoms. The van der Waals surface area contributed by atoms with E-state index in [4.69, 9.17) is 20.9 Å². The second kappa shape index (κ2) is 8.68. The summed E-state index contributed by atoms with van der Waals surface area (Å²) in [7, 11) is -2.29. The number of halogens is 2. The van der Waals surface area contributed by atoms with Gasteiger partial charge in [-0.2, -0.15) is 4.98 Å². The maximum Gasteiger partial charge on any atom is 0.264 e. The van der Waals surface area contributed by atoms with Gasteiger partial charge in [0.2, 0.25) is 10.0 Å². The highest BCUT2D eigenvalue weighted by Gasteiger charge is 2.23. The van der Waals surface area contributed by atoms with Crippen molar-refractivity contribution in [1.82, 2.24) is 14.4 Å². The van der Waals surface area contributed by atoms with Gasteiger partial charge in [0.25, 0.3) is 5.89 Å². The van der Waals surface area contributed by atoms with E-state index < -0.39 is 15.8 Å². The van der Waals surface area contributed by atoms with Crippen LogP contribution in [0.25, 0.3) is 0 Å². The molecule has 1 aromatic heterocycles. The second-order valence-corrected chi connectivity index (χ2v) is 8.25. The fraction of sp³-hybridized carbons (Fsp3) is 0.222. The van der Waals surface area contributed by atoms with Crippen LogP contribution in [-0.2, 0) is 23.1 Å². The fourth-order valence-corrected chi connectivity index (χ4v) is 4.01. The smallest absolute Gasteiger partial charge is 0.264 e. The fourth-order valence-electron chi connectivity index (χ4n) is 2.35. The van der Waals surface area contributed by atoms with Gasteiger partial charge in [-0.25, -0.2) is 17.1 Å². The standard InChI is InChI=1S/C18H17ClFN3O4S/c1-23(28(24,25)16-9-5-2-6-13(16)19)11-10-17-21-18(27-22-17)12-26-15-8-4-3-7-14(15)20/h2-9H,10-12H2,1H3. The molecule has 0 fully saturated rings. The minimum absolute atomic E-state index is 0.0336. The maximum absolute atomic E-state index is 13.5. The van der Waals surface area contributed by atoms with Gasteiger partial charge in [-0.05, 0) is 24.3 Å². The van der Waals surface area contributed by atoms with Gasteiger partial charge in [0.15, 0.2) is 24.0 Å². The van der Waals surface area contributed by atoms with Crippen molar-refractivity contribution in [3.05, 3.63) is 71.1 Å². The van der Waals surface area contributed by atoms with Crippen LogP contribution in [-0.4, -0.2) is 36.5 Å². The topological polar surface area (TPSA) is 85.5 Å². The molecule has 7 nitrogen and oxygen atoms in total. The molecule has 0 atom stereocenters. The molecule has 0 unspecified atom stereocenters. The zero-order valence-corrected chi connectivity index (χ0v) is 16.5. The van der Waals surface area contributed by atoms with E-state index >= 15 is 0 Å². The van der Waals surface area contributed by atoms with E-state index in [9.17, 15) is 12.8 Å². The van der Waals surface area contributed by atoms with Gasteiger partial charge in [0.05, 0.1) is 5.02 Å². The highest BCUT2D eigenvalue weighted by Crippen LogP contribution is 2.23. The van der Waals surface area contributed by atoms with E-state index in [1.807, 2.05) is 0 Å². The Morgan fingerprint density at radius 1 is 1.18 bits per heavy atom.